The lowest BCUT2D eigenvalue weighted by atomic mass is 10.2. The Morgan fingerprint density at radius 2 is 1.50 bits per heavy atom. The quantitative estimate of drug-likeness (QED) is 0.516. The predicted molar refractivity (Wildman–Crippen MR) is 43.4 cm³/mol. The number of hydrogen-bond acceptors (Lipinski definition) is 0. The van der Waals surface area contributed by atoms with Crippen molar-refractivity contribution < 1.29 is 4.39 Å². The van der Waals surface area contributed by atoms with Crippen LogP contribution < -0.4 is 0 Å². The summed E-state index contributed by atoms with van der Waals surface area (Å²) in [6.45, 7) is 5.19. The van der Waals surface area contributed by atoms with E-state index in [9.17, 15) is 4.39 Å². The van der Waals surface area contributed by atoms with Gasteiger partial charge in [0.25, 0.3) is 0 Å². The van der Waals surface area contributed by atoms with E-state index in [1.165, 1.54) is 6.92 Å². The fraction of sp³-hybridized carbons (Fsp3) is 0.333. The fourth-order valence-electron chi connectivity index (χ4n) is 0.644. The lowest BCUT2D eigenvalue weighted by Gasteiger charge is -1.91. The zero-order valence-electron chi connectivity index (χ0n) is 6.69. The summed E-state index contributed by atoms with van der Waals surface area (Å²) in [7, 11) is 0. The topological polar surface area (TPSA) is 0 Å². The average Bonchev–Trinajstić information content (AvgIpc) is 1.87. The van der Waals surface area contributed by atoms with Crippen LogP contribution in [0.1, 0.15) is 20.8 Å². The van der Waals surface area contributed by atoms with E-state index in [2.05, 4.69) is 0 Å². The summed E-state index contributed by atoms with van der Waals surface area (Å²) in [5, 5.41) is 0. The Morgan fingerprint density at radius 1 is 1.10 bits per heavy atom. The molecule has 0 fully saturated rings. The Bertz CT molecular complexity index is 155. The summed E-state index contributed by atoms with van der Waals surface area (Å²) in [4.78, 5) is 0. The first-order valence-corrected chi connectivity index (χ1v) is 3.34. The second kappa shape index (κ2) is 4.98. The van der Waals surface area contributed by atoms with Crippen molar-refractivity contribution in [2.75, 3.05) is 0 Å². The molecule has 0 spiro atoms. The molecule has 0 unspecified atom stereocenters. The molecule has 0 aliphatic carbocycles. The highest BCUT2D eigenvalue weighted by Crippen LogP contribution is 2.08. The van der Waals surface area contributed by atoms with Crippen LogP contribution >= 0.6 is 0 Å². The molecule has 0 amide bonds. The van der Waals surface area contributed by atoms with Crippen molar-refractivity contribution in [2.45, 2.75) is 20.8 Å². The Balaban J connectivity index is 4.43. The molecule has 0 aromatic heterocycles. The van der Waals surface area contributed by atoms with Gasteiger partial charge < -0.3 is 0 Å². The molecular formula is C9H13F. The molecule has 0 aliphatic heterocycles. The summed E-state index contributed by atoms with van der Waals surface area (Å²) in [5.41, 5.74) is 0.644. The van der Waals surface area contributed by atoms with Crippen LogP contribution in [0.25, 0.3) is 0 Å². The lowest BCUT2D eigenvalue weighted by Crippen LogP contribution is -1.73. The molecule has 0 aliphatic rings. The van der Waals surface area contributed by atoms with E-state index in [0.29, 0.717) is 5.57 Å². The molecule has 0 atom stereocenters. The van der Waals surface area contributed by atoms with Crippen molar-refractivity contribution in [3.05, 3.63) is 35.7 Å². The van der Waals surface area contributed by atoms with E-state index in [1.54, 1.807) is 12.2 Å². The minimum absolute atomic E-state index is 0.142. The van der Waals surface area contributed by atoms with Gasteiger partial charge in [-0.05, 0) is 20.8 Å². The van der Waals surface area contributed by atoms with Crippen LogP contribution in [0.5, 0.6) is 0 Å². The lowest BCUT2D eigenvalue weighted by molar-refractivity contribution is 0.634. The maximum atomic E-state index is 12.5. The summed E-state index contributed by atoms with van der Waals surface area (Å²) in [5.74, 6) is -0.142. The van der Waals surface area contributed by atoms with Gasteiger partial charge >= 0.3 is 0 Å². The van der Waals surface area contributed by atoms with Gasteiger partial charge in [0.15, 0.2) is 0 Å². The largest absolute Gasteiger partial charge is 0.211 e. The second-order valence-corrected chi connectivity index (χ2v) is 1.99. The number of halogens is 1. The van der Waals surface area contributed by atoms with Gasteiger partial charge in [-0.1, -0.05) is 24.3 Å². The maximum absolute atomic E-state index is 12.5. The first-order chi connectivity index (χ1) is 4.72. The average molecular weight is 140 g/mol. The van der Waals surface area contributed by atoms with Gasteiger partial charge in [-0.25, -0.2) is 4.39 Å². The third-order valence-electron chi connectivity index (χ3n) is 1.09. The van der Waals surface area contributed by atoms with Crippen molar-refractivity contribution in [3.8, 4) is 0 Å². The SMILES string of the molecule is C/C=C\C(/C=C/C)=C(C)F. The molecule has 0 aromatic carbocycles. The molecule has 0 heterocycles. The van der Waals surface area contributed by atoms with Gasteiger partial charge in [0.05, 0.1) is 0 Å². The van der Waals surface area contributed by atoms with Crippen LogP contribution in [0.2, 0.25) is 0 Å². The van der Waals surface area contributed by atoms with Crippen LogP contribution in [0.4, 0.5) is 4.39 Å². The smallest absolute Gasteiger partial charge is 0.104 e. The summed E-state index contributed by atoms with van der Waals surface area (Å²) < 4.78 is 12.5. The molecule has 56 valence electrons. The molecule has 0 aromatic rings. The molecule has 0 bridgehead atoms. The molecule has 0 nitrogen and oxygen atoms in total. The van der Waals surface area contributed by atoms with E-state index in [-0.39, 0.29) is 5.83 Å². The maximum Gasteiger partial charge on any atom is 0.104 e. The van der Waals surface area contributed by atoms with E-state index in [0.717, 1.165) is 0 Å². The molecule has 1 heteroatoms. The molecule has 10 heavy (non-hydrogen) atoms. The van der Waals surface area contributed by atoms with Crippen molar-refractivity contribution in [2.24, 2.45) is 0 Å². The Morgan fingerprint density at radius 3 is 1.70 bits per heavy atom. The zero-order valence-corrected chi connectivity index (χ0v) is 6.69. The van der Waals surface area contributed by atoms with Crippen molar-refractivity contribution in [1.82, 2.24) is 0 Å². The normalized spacial score (nSPS) is 14.8. The van der Waals surface area contributed by atoms with Crippen LogP contribution in [0, 0.1) is 0 Å². The molecule has 0 rings (SSSR count). The van der Waals surface area contributed by atoms with Gasteiger partial charge in [-0.3, -0.25) is 0 Å². The van der Waals surface area contributed by atoms with Gasteiger partial charge in [-0.15, -0.1) is 0 Å². The van der Waals surface area contributed by atoms with Crippen LogP contribution in [-0.4, -0.2) is 0 Å². The standard InChI is InChI=1S/C9H13F/c1-4-6-9(7-5-2)8(3)10/h4-7H,1-3H3/b6-4-,7-5+,9-8?. The van der Waals surface area contributed by atoms with E-state index in [1.807, 2.05) is 26.0 Å². The molecule has 0 saturated carbocycles. The first kappa shape index (κ1) is 9.15. The van der Waals surface area contributed by atoms with Crippen molar-refractivity contribution in [1.29, 1.82) is 0 Å². The van der Waals surface area contributed by atoms with Crippen molar-refractivity contribution >= 4 is 0 Å². The van der Waals surface area contributed by atoms with Gasteiger partial charge in [0.2, 0.25) is 0 Å². The summed E-state index contributed by atoms with van der Waals surface area (Å²) in [6.07, 6.45) is 7.13. The van der Waals surface area contributed by atoms with E-state index < -0.39 is 0 Å². The summed E-state index contributed by atoms with van der Waals surface area (Å²) in [6, 6.07) is 0. The van der Waals surface area contributed by atoms with E-state index in [4.69, 9.17) is 0 Å². The Kier molecular flexibility index (Phi) is 4.55. The van der Waals surface area contributed by atoms with Crippen LogP contribution in [0.3, 0.4) is 0 Å². The molecule has 0 N–H and O–H groups in total. The monoisotopic (exact) mass is 140 g/mol. The number of hydrogen-bond donors (Lipinski definition) is 0. The van der Waals surface area contributed by atoms with Gasteiger partial charge in [-0.2, -0.15) is 0 Å². The summed E-state index contributed by atoms with van der Waals surface area (Å²) >= 11 is 0. The Labute approximate surface area is 61.8 Å². The first-order valence-electron chi connectivity index (χ1n) is 3.34. The third kappa shape index (κ3) is 3.23. The highest BCUT2D eigenvalue weighted by Gasteiger charge is 1.89. The molecular weight excluding hydrogens is 127 g/mol. The minimum Gasteiger partial charge on any atom is -0.211 e. The fourth-order valence-corrected chi connectivity index (χ4v) is 0.644. The zero-order chi connectivity index (χ0) is 7.98. The van der Waals surface area contributed by atoms with Crippen LogP contribution in [-0.2, 0) is 0 Å². The second-order valence-electron chi connectivity index (χ2n) is 1.99. The number of allylic oxidation sites excluding steroid dienone is 6. The van der Waals surface area contributed by atoms with Gasteiger partial charge in [0, 0.05) is 5.57 Å². The Hall–Kier alpha value is -0.850. The highest BCUT2D eigenvalue weighted by atomic mass is 19.1. The van der Waals surface area contributed by atoms with Crippen LogP contribution in [0.15, 0.2) is 35.7 Å². The number of rotatable bonds is 2. The van der Waals surface area contributed by atoms with E-state index >= 15 is 0 Å². The minimum atomic E-state index is -0.142. The molecule has 0 radical (unpaired) electrons. The van der Waals surface area contributed by atoms with Crippen molar-refractivity contribution in [3.63, 3.8) is 0 Å². The molecule has 0 saturated heterocycles. The highest BCUT2D eigenvalue weighted by molar-refractivity contribution is 5.31. The predicted octanol–water partition coefficient (Wildman–Crippen LogP) is 3.38. The van der Waals surface area contributed by atoms with Gasteiger partial charge in [0.1, 0.15) is 5.83 Å². The third-order valence-corrected chi connectivity index (χ3v) is 1.09.